The summed E-state index contributed by atoms with van der Waals surface area (Å²) in [5.74, 6) is 0.594. The summed E-state index contributed by atoms with van der Waals surface area (Å²) in [6.45, 7) is 2.03. The van der Waals surface area contributed by atoms with Crippen LogP contribution >= 0.6 is 11.6 Å². The predicted molar refractivity (Wildman–Crippen MR) is 60.5 cm³/mol. The topological polar surface area (TPSA) is 67.1 Å². The number of aromatic nitrogens is 2. The monoisotopic (exact) mass is 227 g/mol. The fraction of sp³-hybridized carbons (Fsp3) is 0.556. The third-order valence-corrected chi connectivity index (χ3v) is 2.76. The molecule has 0 radical (unpaired) electrons. The molecular formula is C9H14ClN5. The van der Waals surface area contributed by atoms with Crippen molar-refractivity contribution in [3.8, 4) is 0 Å². The Hall–Kier alpha value is -1.07. The second-order valence-electron chi connectivity index (χ2n) is 3.59. The van der Waals surface area contributed by atoms with Gasteiger partial charge >= 0.3 is 0 Å². The molecule has 3 N–H and O–H groups in total. The third kappa shape index (κ3) is 2.49. The molecule has 1 saturated heterocycles. The normalized spacial score (nSPS) is 17.7. The van der Waals surface area contributed by atoms with E-state index < -0.39 is 0 Å². The lowest BCUT2D eigenvalue weighted by Crippen LogP contribution is -2.35. The summed E-state index contributed by atoms with van der Waals surface area (Å²) in [6.07, 6.45) is 5.10. The first-order valence-electron chi connectivity index (χ1n) is 5.05. The van der Waals surface area contributed by atoms with E-state index in [9.17, 15) is 0 Å². The van der Waals surface area contributed by atoms with Gasteiger partial charge in [0.25, 0.3) is 0 Å². The number of nitrogens with two attached hydrogens (primary N) is 1. The molecule has 0 bridgehead atoms. The number of nitrogens with one attached hydrogen (secondary N) is 1. The third-order valence-electron chi connectivity index (χ3n) is 2.46. The van der Waals surface area contributed by atoms with Crippen molar-refractivity contribution in [2.75, 3.05) is 24.2 Å². The molecular weight excluding hydrogens is 214 g/mol. The van der Waals surface area contributed by atoms with Crippen LogP contribution in [-0.2, 0) is 0 Å². The van der Waals surface area contributed by atoms with Gasteiger partial charge in [0.15, 0.2) is 11.0 Å². The van der Waals surface area contributed by atoms with Crippen molar-refractivity contribution < 1.29 is 0 Å². The number of piperidine rings is 1. The van der Waals surface area contributed by atoms with E-state index in [-0.39, 0.29) is 0 Å². The molecule has 1 aliphatic rings. The zero-order chi connectivity index (χ0) is 10.7. The van der Waals surface area contributed by atoms with Crippen molar-refractivity contribution in [1.82, 2.24) is 15.0 Å². The fourth-order valence-electron chi connectivity index (χ4n) is 1.62. The van der Waals surface area contributed by atoms with Crippen LogP contribution in [0.5, 0.6) is 0 Å². The molecule has 1 aliphatic heterocycles. The van der Waals surface area contributed by atoms with E-state index in [1.54, 1.807) is 0 Å². The molecule has 1 aromatic heterocycles. The SMILES string of the molecule is Nc1c(Cl)ncnc1NN1CCCCC1. The molecule has 2 heterocycles. The zero-order valence-corrected chi connectivity index (χ0v) is 9.17. The van der Waals surface area contributed by atoms with Gasteiger partial charge in [0.05, 0.1) is 0 Å². The van der Waals surface area contributed by atoms with Gasteiger partial charge in [-0.15, -0.1) is 0 Å². The van der Waals surface area contributed by atoms with Crippen LogP contribution < -0.4 is 11.2 Å². The van der Waals surface area contributed by atoms with Crippen LogP contribution in [0.15, 0.2) is 6.33 Å². The quantitative estimate of drug-likeness (QED) is 0.750. The highest BCUT2D eigenvalue weighted by atomic mass is 35.5. The number of nitrogen functional groups attached to an aromatic ring is 1. The van der Waals surface area contributed by atoms with Crippen LogP contribution in [0.1, 0.15) is 19.3 Å². The second kappa shape index (κ2) is 4.63. The van der Waals surface area contributed by atoms with Crippen molar-refractivity contribution in [2.45, 2.75) is 19.3 Å². The van der Waals surface area contributed by atoms with Crippen LogP contribution in [0, 0.1) is 0 Å². The van der Waals surface area contributed by atoms with Crippen molar-refractivity contribution >= 4 is 23.1 Å². The molecule has 6 heteroatoms. The highest BCUT2D eigenvalue weighted by Crippen LogP contribution is 2.23. The zero-order valence-electron chi connectivity index (χ0n) is 8.41. The summed E-state index contributed by atoms with van der Waals surface area (Å²) < 4.78 is 0. The lowest BCUT2D eigenvalue weighted by molar-refractivity contribution is 0.272. The summed E-state index contributed by atoms with van der Waals surface area (Å²) in [5, 5.41) is 2.41. The molecule has 0 unspecified atom stereocenters. The van der Waals surface area contributed by atoms with Gasteiger partial charge in [-0.1, -0.05) is 18.0 Å². The maximum atomic E-state index is 5.80. The molecule has 0 amide bonds. The van der Waals surface area contributed by atoms with E-state index in [4.69, 9.17) is 17.3 Å². The van der Waals surface area contributed by atoms with E-state index in [1.165, 1.54) is 25.6 Å². The van der Waals surface area contributed by atoms with Crippen LogP contribution in [0.3, 0.4) is 0 Å². The van der Waals surface area contributed by atoms with E-state index >= 15 is 0 Å². The Balaban J connectivity index is 2.06. The van der Waals surface area contributed by atoms with Crippen molar-refractivity contribution in [3.05, 3.63) is 11.5 Å². The summed E-state index contributed by atoms with van der Waals surface area (Å²) in [7, 11) is 0. The highest BCUT2D eigenvalue weighted by Gasteiger charge is 2.12. The first-order valence-corrected chi connectivity index (χ1v) is 5.43. The number of hydrogen-bond donors (Lipinski definition) is 2. The van der Waals surface area contributed by atoms with E-state index in [2.05, 4.69) is 20.4 Å². The first kappa shape index (κ1) is 10.4. The van der Waals surface area contributed by atoms with Crippen molar-refractivity contribution in [1.29, 1.82) is 0 Å². The lowest BCUT2D eigenvalue weighted by Gasteiger charge is -2.27. The van der Waals surface area contributed by atoms with Gasteiger partial charge in [0.2, 0.25) is 0 Å². The van der Waals surface area contributed by atoms with Crippen LogP contribution in [-0.4, -0.2) is 28.1 Å². The smallest absolute Gasteiger partial charge is 0.168 e. The van der Waals surface area contributed by atoms with Crippen LogP contribution in [0.4, 0.5) is 11.5 Å². The Morgan fingerprint density at radius 3 is 2.73 bits per heavy atom. The molecule has 5 nitrogen and oxygen atoms in total. The number of hydrazine groups is 1. The minimum atomic E-state index is 0.296. The van der Waals surface area contributed by atoms with Gasteiger partial charge in [-0.3, -0.25) is 0 Å². The summed E-state index contributed by atoms with van der Waals surface area (Å²) in [6, 6.07) is 0. The molecule has 1 aromatic rings. The van der Waals surface area contributed by atoms with Gasteiger partial charge in [-0.05, 0) is 12.8 Å². The number of rotatable bonds is 2. The standard InChI is InChI=1S/C9H14ClN5/c10-8-7(11)9(13-6-12-8)14-15-4-2-1-3-5-15/h6H,1-5,11H2,(H,12,13,14). The number of hydrogen-bond acceptors (Lipinski definition) is 5. The van der Waals surface area contributed by atoms with Gasteiger partial charge in [-0.25, -0.2) is 15.0 Å². The predicted octanol–water partition coefficient (Wildman–Crippen LogP) is 1.52. The number of halogens is 1. The largest absolute Gasteiger partial charge is 0.393 e. The molecule has 82 valence electrons. The summed E-state index contributed by atoms with van der Waals surface area (Å²) in [4.78, 5) is 7.86. The van der Waals surface area contributed by atoms with Crippen molar-refractivity contribution in [2.24, 2.45) is 0 Å². The first-order chi connectivity index (χ1) is 7.27. The number of nitrogens with zero attached hydrogens (tertiary/aromatic N) is 3. The molecule has 0 aromatic carbocycles. The van der Waals surface area contributed by atoms with Crippen LogP contribution in [0.25, 0.3) is 0 Å². The van der Waals surface area contributed by atoms with Gasteiger partial charge < -0.3 is 11.2 Å². The molecule has 0 spiro atoms. The Labute approximate surface area is 93.6 Å². The van der Waals surface area contributed by atoms with Crippen molar-refractivity contribution in [3.63, 3.8) is 0 Å². The van der Waals surface area contributed by atoms with Gasteiger partial charge in [0, 0.05) is 13.1 Å². The van der Waals surface area contributed by atoms with Gasteiger partial charge in [-0.2, -0.15) is 0 Å². The number of anilines is 2. The Kier molecular flexibility index (Phi) is 3.23. The molecule has 0 saturated carbocycles. The summed E-state index contributed by atoms with van der Waals surface area (Å²) in [5.41, 5.74) is 9.32. The lowest BCUT2D eigenvalue weighted by atomic mass is 10.2. The van der Waals surface area contributed by atoms with Gasteiger partial charge in [0.1, 0.15) is 12.0 Å². The second-order valence-corrected chi connectivity index (χ2v) is 3.94. The fourth-order valence-corrected chi connectivity index (χ4v) is 1.75. The molecule has 1 fully saturated rings. The summed E-state index contributed by atoms with van der Waals surface area (Å²) >= 11 is 5.80. The maximum absolute atomic E-state index is 5.80. The Morgan fingerprint density at radius 2 is 2.00 bits per heavy atom. The van der Waals surface area contributed by atoms with E-state index in [0.717, 1.165) is 13.1 Å². The highest BCUT2D eigenvalue weighted by molar-refractivity contribution is 6.32. The van der Waals surface area contributed by atoms with Crippen LogP contribution in [0.2, 0.25) is 5.15 Å². The average molecular weight is 228 g/mol. The average Bonchev–Trinajstić information content (AvgIpc) is 2.26. The molecule has 0 atom stereocenters. The molecule has 15 heavy (non-hydrogen) atoms. The van der Waals surface area contributed by atoms with E-state index in [0.29, 0.717) is 16.7 Å². The minimum absolute atomic E-state index is 0.296. The Bertz CT molecular complexity index is 337. The van der Waals surface area contributed by atoms with E-state index in [1.807, 2.05) is 0 Å². The molecule has 0 aliphatic carbocycles. The maximum Gasteiger partial charge on any atom is 0.168 e. The molecule has 2 rings (SSSR count). The minimum Gasteiger partial charge on any atom is -0.393 e. The Morgan fingerprint density at radius 1 is 1.27 bits per heavy atom.